The Morgan fingerprint density at radius 1 is 0.784 bits per heavy atom. The first-order valence-corrected chi connectivity index (χ1v) is 17.3. The van der Waals surface area contributed by atoms with E-state index < -0.39 is 23.9 Å². The van der Waals surface area contributed by atoms with Crippen LogP contribution in [0.5, 0.6) is 0 Å². The summed E-state index contributed by atoms with van der Waals surface area (Å²) in [6.07, 6.45) is 5.74. The largest absolute Gasteiger partial charge is 0.480 e. The molecule has 7 N–H and O–H groups in total. The van der Waals surface area contributed by atoms with Crippen LogP contribution in [0.1, 0.15) is 25.3 Å². The molecule has 1 aliphatic heterocycles. The van der Waals surface area contributed by atoms with Crippen LogP contribution < -0.4 is 16.5 Å². The number of carboxylic acid groups (broad SMARTS) is 3. The van der Waals surface area contributed by atoms with Gasteiger partial charge in [-0.05, 0) is 41.9 Å². The number of aliphatic carboxylic acids is 3. The number of hydroxylamine groups is 1. The molecule has 1 aliphatic carbocycles. The Hall–Kier alpha value is -4.19. The minimum atomic E-state index is -1.02. The van der Waals surface area contributed by atoms with E-state index in [1.165, 1.54) is 0 Å². The first-order valence-electron chi connectivity index (χ1n) is 17.3. The third-order valence-corrected chi connectivity index (χ3v) is 8.95. The highest BCUT2D eigenvalue weighted by molar-refractivity contribution is 5.80. The molecule has 2 atom stereocenters. The summed E-state index contributed by atoms with van der Waals surface area (Å²) in [6.45, 7) is 4.53. The summed E-state index contributed by atoms with van der Waals surface area (Å²) in [5.41, 5.74) is 11.6. The van der Waals surface area contributed by atoms with Crippen LogP contribution in [0.15, 0.2) is 53.6 Å². The summed E-state index contributed by atoms with van der Waals surface area (Å²) in [4.78, 5) is 72.4. The van der Waals surface area contributed by atoms with Crippen molar-refractivity contribution in [2.75, 3.05) is 91.7 Å². The molecular weight excluding hydrogens is 662 g/mol. The van der Waals surface area contributed by atoms with Crippen LogP contribution in [0.2, 0.25) is 0 Å². The summed E-state index contributed by atoms with van der Waals surface area (Å²) in [5, 5.41) is 31.2. The highest BCUT2D eigenvalue weighted by Crippen LogP contribution is 2.24. The molecule has 51 heavy (non-hydrogen) atoms. The van der Waals surface area contributed by atoms with Crippen LogP contribution in [0, 0.1) is 5.92 Å². The van der Waals surface area contributed by atoms with E-state index in [0.29, 0.717) is 78.2 Å². The highest BCUT2D eigenvalue weighted by Gasteiger charge is 2.22. The van der Waals surface area contributed by atoms with Gasteiger partial charge >= 0.3 is 17.9 Å². The number of hydrogen-bond donors (Lipinski definition) is 6. The Kier molecular flexibility index (Phi) is 17.7. The highest BCUT2D eigenvalue weighted by atomic mass is 16.7. The van der Waals surface area contributed by atoms with Crippen molar-refractivity contribution in [2.24, 2.45) is 11.7 Å². The van der Waals surface area contributed by atoms with E-state index in [4.69, 9.17) is 10.6 Å². The SMILES string of the molecule is CC1CC(CONC(=O)[C@H](N)CCc2ccccc2)=CC=C1CNC(=O)CN1CCN(CC(=O)O)CCN(CC(=O)O)CCN(CC(=O)O)CC1. The molecule has 3 rings (SSSR count). The second-order valence-electron chi connectivity index (χ2n) is 13.1. The summed E-state index contributed by atoms with van der Waals surface area (Å²) in [7, 11) is 0. The Morgan fingerprint density at radius 2 is 1.27 bits per heavy atom. The molecule has 2 amide bonds. The van der Waals surface area contributed by atoms with Crippen molar-refractivity contribution in [3.05, 3.63) is 59.2 Å². The van der Waals surface area contributed by atoms with Gasteiger partial charge < -0.3 is 26.4 Å². The third-order valence-electron chi connectivity index (χ3n) is 8.95. The van der Waals surface area contributed by atoms with Crippen molar-refractivity contribution in [1.82, 2.24) is 30.4 Å². The monoisotopic (exact) mass is 715 g/mol. The fraction of sp³-hybridized carbons (Fsp3) is 0.571. The number of carboxylic acids is 3. The van der Waals surface area contributed by atoms with Gasteiger partial charge in [0.2, 0.25) is 5.91 Å². The number of carbonyl (C=O) groups excluding carboxylic acids is 2. The van der Waals surface area contributed by atoms with Gasteiger partial charge in [-0.2, -0.15) is 0 Å². The molecule has 0 aromatic heterocycles. The van der Waals surface area contributed by atoms with E-state index in [0.717, 1.165) is 16.7 Å². The molecule has 16 heteroatoms. The maximum absolute atomic E-state index is 13.1. The van der Waals surface area contributed by atoms with Crippen LogP contribution >= 0.6 is 0 Å². The number of benzene rings is 1. The maximum Gasteiger partial charge on any atom is 0.317 e. The number of nitrogens with two attached hydrogens (primary N) is 1. The zero-order valence-electron chi connectivity index (χ0n) is 29.4. The Morgan fingerprint density at radius 3 is 1.75 bits per heavy atom. The van der Waals surface area contributed by atoms with Crippen molar-refractivity contribution >= 4 is 29.7 Å². The van der Waals surface area contributed by atoms with Gasteiger partial charge in [-0.3, -0.25) is 48.4 Å². The van der Waals surface area contributed by atoms with Crippen molar-refractivity contribution < 1.29 is 44.1 Å². The van der Waals surface area contributed by atoms with Crippen LogP contribution in [0.4, 0.5) is 0 Å². The number of nitrogens with one attached hydrogen (secondary N) is 2. The molecule has 0 saturated carbocycles. The lowest BCUT2D eigenvalue weighted by molar-refractivity contribution is -0.140. The average Bonchev–Trinajstić information content (AvgIpc) is 3.07. The van der Waals surface area contributed by atoms with Gasteiger partial charge in [0.25, 0.3) is 5.91 Å². The molecule has 16 nitrogen and oxygen atoms in total. The Bertz CT molecular complexity index is 1340. The van der Waals surface area contributed by atoms with Gasteiger partial charge in [0, 0.05) is 58.9 Å². The van der Waals surface area contributed by atoms with Crippen LogP contribution in [-0.2, 0) is 35.2 Å². The van der Waals surface area contributed by atoms with Crippen LogP contribution in [0.3, 0.4) is 0 Å². The standard InChI is InChI=1S/C35H53N7O9/c1-26-19-28(25-51-38-35(50)30(36)10-8-27-5-3-2-4-6-27)7-9-29(26)20-37-31(43)21-39-11-13-40(22-32(44)45)15-17-42(24-34(48)49)18-16-41(14-12-39)23-33(46)47/h2-7,9,26,30H,8,10-25,36H2,1H3,(H,37,43)(H,38,50)(H,44,45)(H,46,47)(H,48,49)/t26?,30-/m1/s1. The van der Waals surface area contributed by atoms with E-state index in [2.05, 4.69) is 10.8 Å². The number of aryl methyl sites for hydroxylation is 1. The number of amides is 2. The third kappa shape index (κ3) is 16.6. The number of rotatable bonds is 17. The normalized spacial score (nSPS) is 19.5. The maximum atomic E-state index is 13.1. The molecule has 2 aliphatic rings. The quantitative estimate of drug-likeness (QED) is 0.112. The lowest BCUT2D eigenvalue weighted by Gasteiger charge is -2.33. The van der Waals surface area contributed by atoms with E-state index in [9.17, 15) is 39.3 Å². The molecular formula is C35H53N7O9. The minimum Gasteiger partial charge on any atom is -0.480 e. The first kappa shape index (κ1) is 41.2. The molecule has 1 aromatic rings. The summed E-state index contributed by atoms with van der Waals surface area (Å²) in [5.74, 6) is -3.51. The first-order chi connectivity index (χ1) is 24.4. The van der Waals surface area contributed by atoms with E-state index >= 15 is 0 Å². The fourth-order valence-corrected chi connectivity index (χ4v) is 5.94. The molecule has 1 unspecified atom stereocenters. The smallest absolute Gasteiger partial charge is 0.317 e. The molecule has 0 spiro atoms. The Labute approximate surface area is 298 Å². The Balaban J connectivity index is 1.50. The van der Waals surface area contributed by atoms with E-state index in [1.807, 2.05) is 54.3 Å². The summed E-state index contributed by atoms with van der Waals surface area (Å²) >= 11 is 0. The van der Waals surface area contributed by atoms with Crippen molar-refractivity contribution in [2.45, 2.75) is 32.2 Å². The zero-order valence-corrected chi connectivity index (χ0v) is 29.4. The molecule has 1 heterocycles. The second-order valence-corrected chi connectivity index (χ2v) is 13.1. The van der Waals surface area contributed by atoms with Gasteiger partial charge in [-0.15, -0.1) is 0 Å². The predicted molar refractivity (Wildman–Crippen MR) is 188 cm³/mol. The average molecular weight is 716 g/mol. The predicted octanol–water partition coefficient (Wildman–Crippen LogP) is -0.521. The molecule has 1 fully saturated rings. The number of carbonyl (C=O) groups is 5. The van der Waals surface area contributed by atoms with Gasteiger partial charge in [0.05, 0.1) is 38.8 Å². The van der Waals surface area contributed by atoms with Crippen molar-refractivity contribution in [1.29, 1.82) is 0 Å². The van der Waals surface area contributed by atoms with Gasteiger partial charge in [0.15, 0.2) is 0 Å². The van der Waals surface area contributed by atoms with Gasteiger partial charge in [-0.1, -0.05) is 49.4 Å². The van der Waals surface area contributed by atoms with E-state index in [-0.39, 0.29) is 50.5 Å². The molecule has 1 saturated heterocycles. The number of allylic oxidation sites excluding steroid dienone is 2. The van der Waals surface area contributed by atoms with Crippen LogP contribution in [-0.4, -0.2) is 162 Å². The summed E-state index contributed by atoms with van der Waals surface area (Å²) < 4.78 is 0. The topological polar surface area (TPSA) is 218 Å². The zero-order chi connectivity index (χ0) is 37.2. The molecule has 0 radical (unpaired) electrons. The molecule has 282 valence electrons. The van der Waals surface area contributed by atoms with E-state index in [1.54, 1.807) is 14.7 Å². The number of hydrogen-bond acceptors (Lipinski definition) is 11. The van der Waals surface area contributed by atoms with Gasteiger partial charge in [-0.25, -0.2) is 5.48 Å². The lowest BCUT2D eigenvalue weighted by Crippen LogP contribution is -2.50. The van der Waals surface area contributed by atoms with Crippen LogP contribution in [0.25, 0.3) is 0 Å². The van der Waals surface area contributed by atoms with Gasteiger partial charge in [0.1, 0.15) is 0 Å². The minimum absolute atomic E-state index is 0.0384. The fourth-order valence-electron chi connectivity index (χ4n) is 5.94. The summed E-state index contributed by atoms with van der Waals surface area (Å²) in [6, 6.07) is 9.12. The van der Waals surface area contributed by atoms with Crippen molar-refractivity contribution in [3.63, 3.8) is 0 Å². The molecule has 1 aromatic carbocycles. The van der Waals surface area contributed by atoms with Crippen molar-refractivity contribution in [3.8, 4) is 0 Å². The lowest BCUT2D eigenvalue weighted by atomic mass is 9.88. The number of nitrogens with zero attached hydrogens (tertiary/aromatic N) is 4. The molecule has 0 bridgehead atoms. The second kappa shape index (κ2) is 21.9.